The molecule has 42 heavy (non-hydrogen) atoms. The van der Waals surface area contributed by atoms with E-state index in [4.69, 9.17) is 9.72 Å². The van der Waals surface area contributed by atoms with Gasteiger partial charge in [-0.15, -0.1) is 0 Å². The number of imidazole rings is 1. The molecular formula is C29H27F3N8O2. The standard InChI is InChI=1S/C29H27F3N8O2/c1-38-13-20(29(30,31)32)36-25(38)17-6-8-18(9-7-17)28(10-11-28)40-14-21(41)39(2)19-12-33-24(37-26(19)40)22-23(16-4-5-16)34-15-35-27(22)42-3/h6-9,12-13,15-16H,4-5,10-11,14H2,1-3H3. The summed E-state index contributed by atoms with van der Waals surface area (Å²) < 4.78 is 46.6. The molecule has 0 N–H and O–H groups in total. The smallest absolute Gasteiger partial charge is 0.434 e. The SMILES string of the molecule is COc1ncnc(C2CC2)c1-c1ncc2c(n1)N(C1(c3ccc(-c4nc(C(F)(F)F)cn4C)cc3)CC1)CC(=O)N2C. The number of carbonyl (C=O) groups excluding carboxylic acids is 1. The Bertz CT molecular complexity index is 1710. The molecule has 4 aromatic rings. The van der Waals surface area contributed by atoms with E-state index in [1.807, 2.05) is 17.0 Å². The van der Waals surface area contributed by atoms with E-state index in [1.165, 1.54) is 10.9 Å². The van der Waals surface area contributed by atoms with E-state index in [0.29, 0.717) is 40.3 Å². The molecule has 0 atom stereocenters. The van der Waals surface area contributed by atoms with Crippen molar-refractivity contribution in [1.29, 1.82) is 0 Å². The average molecular weight is 577 g/mol. The van der Waals surface area contributed by atoms with Crippen molar-refractivity contribution in [2.45, 2.75) is 43.3 Å². The number of aromatic nitrogens is 6. The van der Waals surface area contributed by atoms with Crippen molar-refractivity contribution in [3.05, 3.63) is 59.9 Å². The molecule has 1 amide bonds. The molecule has 1 aromatic carbocycles. The molecule has 0 bridgehead atoms. The van der Waals surface area contributed by atoms with Gasteiger partial charge in [0.25, 0.3) is 0 Å². The van der Waals surface area contributed by atoms with Gasteiger partial charge in [0.1, 0.15) is 23.4 Å². The summed E-state index contributed by atoms with van der Waals surface area (Å²) in [7, 11) is 4.80. The Balaban J connectivity index is 1.28. The Morgan fingerprint density at radius 2 is 1.76 bits per heavy atom. The van der Waals surface area contributed by atoms with Crippen LogP contribution in [0.25, 0.3) is 22.8 Å². The minimum Gasteiger partial charge on any atom is -0.480 e. The minimum atomic E-state index is -4.52. The second-order valence-electron chi connectivity index (χ2n) is 11.0. The Labute approximate surface area is 239 Å². The Hall–Kier alpha value is -4.55. The Kier molecular flexibility index (Phi) is 5.79. The number of nitrogens with zero attached hydrogens (tertiary/aromatic N) is 8. The van der Waals surface area contributed by atoms with Crippen molar-refractivity contribution < 1.29 is 22.7 Å². The molecule has 3 aromatic heterocycles. The van der Waals surface area contributed by atoms with E-state index in [2.05, 4.69) is 19.9 Å². The number of amides is 1. The molecule has 10 nitrogen and oxygen atoms in total. The quantitative estimate of drug-likeness (QED) is 0.325. The predicted molar refractivity (Wildman–Crippen MR) is 147 cm³/mol. The second kappa shape index (κ2) is 9.23. The van der Waals surface area contributed by atoms with Crippen LogP contribution in [0.1, 0.15) is 48.6 Å². The Morgan fingerprint density at radius 1 is 1.02 bits per heavy atom. The molecule has 2 fully saturated rings. The van der Waals surface area contributed by atoms with Gasteiger partial charge in [-0.25, -0.2) is 24.9 Å². The van der Waals surface area contributed by atoms with Gasteiger partial charge in [0.15, 0.2) is 17.3 Å². The number of anilines is 2. The van der Waals surface area contributed by atoms with Crippen molar-refractivity contribution in [2.24, 2.45) is 7.05 Å². The van der Waals surface area contributed by atoms with Crippen LogP contribution in [0.5, 0.6) is 5.88 Å². The summed E-state index contributed by atoms with van der Waals surface area (Å²) >= 11 is 0. The van der Waals surface area contributed by atoms with Crippen molar-refractivity contribution in [3.8, 4) is 28.7 Å². The number of halogens is 3. The summed E-state index contributed by atoms with van der Waals surface area (Å²) in [4.78, 5) is 39.0. The lowest BCUT2D eigenvalue weighted by Crippen LogP contribution is -2.49. The third kappa shape index (κ3) is 4.17. The van der Waals surface area contributed by atoms with Crippen LogP contribution in [0, 0.1) is 0 Å². The highest BCUT2D eigenvalue weighted by Crippen LogP contribution is 2.55. The van der Waals surface area contributed by atoms with E-state index in [9.17, 15) is 18.0 Å². The van der Waals surface area contributed by atoms with Crippen LogP contribution in [0.15, 0.2) is 43.0 Å². The fraction of sp³-hybridized carbons (Fsp3) is 0.379. The molecule has 3 aliphatic rings. The van der Waals surface area contributed by atoms with Gasteiger partial charge in [-0.3, -0.25) is 4.79 Å². The van der Waals surface area contributed by atoms with E-state index in [-0.39, 0.29) is 18.3 Å². The number of hydrogen-bond acceptors (Lipinski definition) is 8. The summed E-state index contributed by atoms with van der Waals surface area (Å²) in [5.74, 6) is 1.89. The number of alkyl halides is 3. The van der Waals surface area contributed by atoms with Crippen molar-refractivity contribution in [3.63, 3.8) is 0 Å². The molecule has 2 aliphatic carbocycles. The second-order valence-corrected chi connectivity index (χ2v) is 11.0. The van der Waals surface area contributed by atoms with E-state index in [1.54, 1.807) is 44.4 Å². The number of hydrogen-bond donors (Lipinski definition) is 0. The summed E-state index contributed by atoms with van der Waals surface area (Å²) in [6.45, 7) is 0.119. The normalized spacial score (nSPS) is 17.8. The van der Waals surface area contributed by atoms with E-state index in [0.717, 1.165) is 43.1 Å². The van der Waals surface area contributed by atoms with Gasteiger partial charge in [-0.05, 0) is 31.2 Å². The lowest BCUT2D eigenvalue weighted by atomic mass is 9.99. The molecule has 0 saturated heterocycles. The first-order chi connectivity index (χ1) is 20.1. The first kappa shape index (κ1) is 26.4. The summed E-state index contributed by atoms with van der Waals surface area (Å²) in [6, 6.07) is 7.34. The number of fused-ring (bicyclic) bond motifs is 1. The fourth-order valence-electron chi connectivity index (χ4n) is 5.77. The summed E-state index contributed by atoms with van der Waals surface area (Å²) in [6.07, 6.45) is 3.23. The van der Waals surface area contributed by atoms with Gasteiger partial charge in [0, 0.05) is 31.8 Å². The molecular weight excluding hydrogens is 549 g/mol. The number of rotatable bonds is 6. The number of benzene rings is 1. The zero-order chi connectivity index (χ0) is 29.4. The molecule has 7 rings (SSSR count). The van der Waals surface area contributed by atoms with E-state index < -0.39 is 17.4 Å². The molecule has 0 spiro atoms. The molecule has 216 valence electrons. The minimum absolute atomic E-state index is 0.0891. The number of carbonyl (C=O) groups is 1. The van der Waals surface area contributed by atoms with Crippen LogP contribution >= 0.6 is 0 Å². The van der Waals surface area contributed by atoms with Gasteiger partial charge in [0.2, 0.25) is 11.8 Å². The zero-order valence-electron chi connectivity index (χ0n) is 23.2. The first-order valence-corrected chi connectivity index (χ1v) is 13.6. The fourth-order valence-corrected chi connectivity index (χ4v) is 5.77. The van der Waals surface area contributed by atoms with Crippen LogP contribution < -0.4 is 14.5 Å². The maximum absolute atomic E-state index is 13.2. The van der Waals surface area contributed by atoms with Crippen molar-refractivity contribution >= 4 is 17.4 Å². The lowest BCUT2D eigenvalue weighted by Gasteiger charge is -2.40. The van der Waals surface area contributed by atoms with Gasteiger partial charge in [0.05, 0.1) is 31.1 Å². The third-order valence-electron chi connectivity index (χ3n) is 8.34. The first-order valence-electron chi connectivity index (χ1n) is 13.6. The van der Waals surface area contributed by atoms with Gasteiger partial charge in [-0.1, -0.05) is 24.3 Å². The summed E-state index contributed by atoms with van der Waals surface area (Å²) in [5.41, 5.74) is 2.19. The van der Waals surface area contributed by atoms with Gasteiger partial charge < -0.3 is 19.1 Å². The summed E-state index contributed by atoms with van der Waals surface area (Å²) in [5, 5.41) is 0. The Morgan fingerprint density at radius 3 is 2.38 bits per heavy atom. The maximum atomic E-state index is 13.2. The highest BCUT2D eigenvalue weighted by Gasteiger charge is 2.53. The zero-order valence-corrected chi connectivity index (χ0v) is 23.2. The number of likely N-dealkylation sites (N-methyl/N-ethyl adjacent to an activating group) is 1. The van der Waals surface area contributed by atoms with Crippen LogP contribution in [-0.4, -0.2) is 56.1 Å². The third-order valence-corrected chi connectivity index (χ3v) is 8.34. The average Bonchev–Trinajstić information content (AvgIpc) is 3.92. The van der Waals surface area contributed by atoms with Crippen molar-refractivity contribution in [1.82, 2.24) is 29.5 Å². The van der Waals surface area contributed by atoms with Crippen LogP contribution in [0.4, 0.5) is 24.7 Å². The largest absolute Gasteiger partial charge is 0.480 e. The highest BCUT2D eigenvalue weighted by atomic mass is 19.4. The molecule has 1 aliphatic heterocycles. The molecule has 13 heteroatoms. The van der Waals surface area contributed by atoms with Gasteiger partial charge in [-0.2, -0.15) is 13.2 Å². The van der Waals surface area contributed by atoms with Crippen LogP contribution in [0.2, 0.25) is 0 Å². The maximum Gasteiger partial charge on any atom is 0.434 e. The number of methoxy groups -OCH3 is 1. The molecule has 0 radical (unpaired) electrons. The lowest BCUT2D eigenvalue weighted by molar-refractivity contribution is -0.140. The predicted octanol–water partition coefficient (Wildman–Crippen LogP) is 4.71. The van der Waals surface area contributed by atoms with E-state index >= 15 is 0 Å². The van der Waals surface area contributed by atoms with Gasteiger partial charge >= 0.3 is 6.18 Å². The molecule has 4 heterocycles. The number of aryl methyl sites for hydroxylation is 1. The van der Waals surface area contributed by atoms with Crippen molar-refractivity contribution in [2.75, 3.05) is 30.5 Å². The highest BCUT2D eigenvalue weighted by molar-refractivity contribution is 6.02. The molecule has 2 saturated carbocycles. The number of ether oxygens (including phenoxy) is 1. The molecule has 0 unspecified atom stereocenters. The topological polar surface area (TPSA) is 102 Å². The van der Waals surface area contributed by atoms with Crippen LogP contribution in [0.3, 0.4) is 0 Å². The van der Waals surface area contributed by atoms with Crippen LogP contribution in [-0.2, 0) is 23.6 Å². The monoisotopic (exact) mass is 576 g/mol.